The Bertz CT molecular complexity index is 1140. The highest BCUT2D eigenvalue weighted by atomic mass is 35.5. The van der Waals surface area contributed by atoms with Crippen LogP contribution in [0.1, 0.15) is 66.6 Å². The van der Waals surface area contributed by atoms with E-state index in [1.54, 1.807) is 30.3 Å². The highest BCUT2D eigenvalue weighted by molar-refractivity contribution is 5.92. The lowest BCUT2D eigenvalue weighted by molar-refractivity contribution is 0.0686. The smallest absolute Gasteiger partial charge is 0.339 e. The average molecular weight is 526 g/mol. The molecule has 1 aliphatic rings. The third-order valence-corrected chi connectivity index (χ3v) is 6.93. The Kier molecular flexibility index (Phi) is 10.4. The number of carboxylic acid groups (broad SMARTS) is 1. The van der Waals surface area contributed by atoms with Crippen molar-refractivity contribution in [3.05, 3.63) is 83.4 Å². The molecule has 3 aromatic carbocycles. The number of hydrogen-bond acceptors (Lipinski definition) is 5. The molecule has 0 unspecified atom stereocenters. The van der Waals surface area contributed by atoms with Gasteiger partial charge in [0.2, 0.25) is 0 Å². The number of carboxylic acids is 1. The minimum atomic E-state index is -0.972. The van der Waals surface area contributed by atoms with Gasteiger partial charge in [0.1, 0.15) is 17.1 Å². The fourth-order valence-corrected chi connectivity index (χ4v) is 4.72. The summed E-state index contributed by atoms with van der Waals surface area (Å²) in [5.41, 5.74) is 4.07. The molecule has 0 spiro atoms. The number of hydrogen-bond donors (Lipinski definition) is 4. The molecular formula is C30H36ClNO5. The van der Waals surface area contributed by atoms with Crippen LogP contribution in [0.2, 0.25) is 0 Å². The molecule has 37 heavy (non-hydrogen) atoms. The van der Waals surface area contributed by atoms with E-state index in [4.69, 9.17) is 4.74 Å². The van der Waals surface area contributed by atoms with Crippen molar-refractivity contribution in [3.63, 3.8) is 0 Å². The van der Waals surface area contributed by atoms with Gasteiger partial charge in [-0.1, -0.05) is 48.9 Å². The summed E-state index contributed by atoms with van der Waals surface area (Å²) in [5, 5.41) is 32.9. The summed E-state index contributed by atoms with van der Waals surface area (Å²) < 4.78 is 6.14. The van der Waals surface area contributed by atoms with E-state index in [9.17, 15) is 20.1 Å². The van der Waals surface area contributed by atoms with Gasteiger partial charge in [0, 0.05) is 6.04 Å². The van der Waals surface area contributed by atoms with Crippen molar-refractivity contribution >= 4 is 18.4 Å². The predicted octanol–water partition coefficient (Wildman–Crippen LogP) is 6.14. The predicted molar refractivity (Wildman–Crippen MR) is 148 cm³/mol. The largest absolute Gasteiger partial charge is 0.508 e. The van der Waals surface area contributed by atoms with E-state index >= 15 is 0 Å². The van der Waals surface area contributed by atoms with Crippen molar-refractivity contribution in [2.24, 2.45) is 0 Å². The van der Waals surface area contributed by atoms with Gasteiger partial charge in [-0.2, -0.15) is 0 Å². The van der Waals surface area contributed by atoms with Gasteiger partial charge in [0.25, 0.3) is 0 Å². The van der Waals surface area contributed by atoms with Gasteiger partial charge < -0.3 is 25.4 Å². The summed E-state index contributed by atoms with van der Waals surface area (Å²) in [6, 6.07) is 20.0. The Morgan fingerprint density at radius 3 is 2.27 bits per heavy atom. The zero-order chi connectivity index (χ0) is 25.5. The maximum absolute atomic E-state index is 11.7. The number of benzene rings is 3. The Labute approximate surface area is 224 Å². The number of nitrogens with one attached hydrogen (secondary N) is 1. The maximum atomic E-state index is 11.7. The molecule has 0 aliphatic heterocycles. The molecule has 6 nitrogen and oxygen atoms in total. The van der Waals surface area contributed by atoms with E-state index in [1.807, 2.05) is 31.2 Å². The van der Waals surface area contributed by atoms with Crippen LogP contribution in [0, 0.1) is 0 Å². The van der Waals surface area contributed by atoms with Crippen molar-refractivity contribution in [3.8, 4) is 22.6 Å². The fraction of sp³-hybridized carbons (Fsp3) is 0.367. The zero-order valence-corrected chi connectivity index (χ0v) is 21.9. The maximum Gasteiger partial charge on any atom is 0.339 e. The van der Waals surface area contributed by atoms with E-state index in [-0.39, 0.29) is 35.9 Å². The van der Waals surface area contributed by atoms with Gasteiger partial charge in [-0.3, -0.25) is 0 Å². The van der Waals surface area contributed by atoms with Crippen molar-refractivity contribution < 1.29 is 24.9 Å². The number of aromatic carboxylic acids is 1. The third-order valence-electron chi connectivity index (χ3n) is 6.93. The van der Waals surface area contributed by atoms with Crippen LogP contribution in [-0.4, -0.2) is 40.0 Å². The van der Waals surface area contributed by atoms with Crippen LogP contribution in [0.4, 0.5) is 0 Å². The molecule has 1 aliphatic carbocycles. The second-order valence-corrected chi connectivity index (χ2v) is 9.62. The first-order chi connectivity index (χ1) is 17.4. The summed E-state index contributed by atoms with van der Waals surface area (Å²) in [7, 11) is 0. The monoisotopic (exact) mass is 525 g/mol. The van der Waals surface area contributed by atoms with Crippen molar-refractivity contribution in [1.29, 1.82) is 0 Å². The number of phenols is 1. The van der Waals surface area contributed by atoms with Gasteiger partial charge in [0.05, 0.1) is 12.2 Å². The lowest BCUT2D eigenvalue weighted by atomic mass is 9.97. The van der Waals surface area contributed by atoms with Crippen LogP contribution in [0.15, 0.2) is 66.7 Å². The summed E-state index contributed by atoms with van der Waals surface area (Å²) >= 11 is 0. The number of rotatable bonds is 10. The van der Waals surface area contributed by atoms with Crippen LogP contribution < -0.4 is 10.1 Å². The van der Waals surface area contributed by atoms with E-state index in [2.05, 4.69) is 17.4 Å². The number of carbonyl (C=O) groups is 1. The van der Waals surface area contributed by atoms with E-state index in [0.717, 1.165) is 48.8 Å². The van der Waals surface area contributed by atoms with Gasteiger partial charge in [-0.05, 0) is 92.1 Å². The van der Waals surface area contributed by atoms with Crippen LogP contribution in [0.25, 0.3) is 11.1 Å². The van der Waals surface area contributed by atoms with Crippen molar-refractivity contribution in [1.82, 2.24) is 5.32 Å². The molecule has 0 heterocycles. The molecule has 7 heteroatoms. The van der Waals surface area contributed by atoms with Crippen molar-refractivity contribution in [2.75, 3.05) is 6.54 Å². The molecule has 1 fully saturated rings. The number of aromatic hydroxyl groups is 1. The van der Waals surface area contributed by atoms with Crippen molar-refractivity contribution in [2.45, 2.75) is 63.7 Å². The minimum absolute atomic E-state index is 0. The lowest BCUT2D eigenvalue weighted by Gasteiger charge is -2.24. The molecule has 0 bridgehead atoms. The molecule has 4 rings (SSSR count). The molecule has 4 N–H and O–H groups in total. The summed E-state index contributed by atoms with van der Waals surface area (Å²) in [6.45, 7) is 2.65. The molecule has 0 amide bonds. The Balaban J connectivity index is 0.00000380. The molecule has 0 aromatic heterocycles. The molecular weight excluding hydrogens is 490 g/mol. The second kappa shape index (κ2) is 13.5. The fourth-order valence-electron chi connectivity index (χ4n) is 4.72. The standard InChI is InChI=1S/C30H35NO5.ClH/c1-20(29(33)23-11-14-25(32)15-12-23)31-18-17-21-7-9-22(10-8-21)24-13-16-27(30(34)35)28(19-24)36-26-5-3-2-4-6-26;/h7-16,19-20,26,29,31-33H,2-6,17-18H2,1H3,(H,34,35);1H/t20-,29-;/m0./s1. The summed E-state index contributed by atoms with van der Waals surface area (Å²) in [5.74, 6) is -0.345. The lowest BCUT2D eigenvalue weighted by Crippen LogP contribution is -2.33. The highest BCUT2D eigenvalue weighted by Gasteiger charge is 2.20. The summed E-state index contributed by atoms with van der Waals surface area (Å²) in [6.07, 6.45) is 5.62. The normalized spacial score (nSPS) is 15.4. The number of ether oxygens (including phenoxy) is 1. The number of halogens is 1. The first kappa shape index (κ1) is 28.5. The second-order valence-electron chi connectivity index (χ2n) is 9.62. The molecule has 2 atom stereocenters. The number of phenolic OH excluding ortho intramolecular Hbond substituents is 1. The number of aliphatic hydroxyl groups is 1. The Morgan fingerprint density at radius 1 is 0.973 bits per heavy atom. The van der Waals surface area contributed by atoms with E-state index in [0.29, 0.717) is 12.3 Å². The highest BCUT2D eigenvalue weighted by Crippen LogP contribution is 2.31. The van der Waals surface area contributed by atoms with E-state index < -0.39 is 12.1 Å². The first-order valence-corrected chi connectivity index (χ1v) is 12.7. The van der Waals surface area contributed by atoms with Crippen LogP contribution in [0.3, 0.4) is 0 Å². The Morgan fingerprint density at radius 2 is 1.62 bits per heavy atom. The average Bonchev–Trinajstić information content (AvgIpc) is 2.89. The van der Waals surface area contributed by atoms with Gasteiger partial charge in [-0.15, -0.1) is 12.4 Å². The molecule has 3 aromatic rings. The first-order valence-electron chi connectivity index (χ1n) is 12.7. The SMILES string of the molecule is C[C@H](NCCc1ccc(-c2ccc(C(=O)O)c(OC3CCCCC3)c2)cc1)[C@H](O)c1ccc(O)cc1.Cl. The van der Waals surface area contributed by atoms with Crippen LogP contribution in [-0.2, 0) is 6.42 Å². The van der Waals surface area contributed by atoms with Gasteiger partial charge in [0.15, 0.2) is 0 Å². The zero-order valence-electron chi connectivity index (χ0n) is 21.1. The van der Waals surface area contributed by atoms with Crippen LogP contribution >= 0.6 is 12.4 Å². The molecule has 0 radical (unpaired) electrons. The topological polar surface area (TPSA) is 99.0 Å². The molecule has 0 saturated heterocycles. The molecule has 1 saturated carbocycles. The quantitative estimate of drug-likeness (QED) is 0.253. The summed E-state index contributed by atoms with van der Waals surface area (Å²) in [4.78, 5) is 11.7. The van der Waals surface area contributed by atoms with Gasteiger partial charge in [-0.25, -0.2) is 4.79 Å². The molecule has 198 valence electrons. The van der Waals surface area contributed by atoms with E-state index in [1.165, 1.54) is 12.0 Å². The number of aliphatic hydroxyl groups excluding tert-OH is 1. The minimum Gasteiger partial charge on any atom is -0.508 e. The Hall–Kier alpha value is -3.06. The van der Waals surface area contributed by atoms with Gasteiger partial charge >= 0.3 is 5.97 Å². The third kappa shape index (κ3) is 7.71. The van der Waals surface area contributed by atoms with Crippen LogP contribution in [0.5, 0.6) is 11.5 Å².